The maximum Gasteiger partial charge on any atom is 0.127 e. The Morgan fingerprint density at radius 3 is 2.61 bits per heavy atom. The third-order valence-electron chi connectivity index (χ3n) is 3.11. The molecule has 0 fully saturated rings. The van der Waals surface area contributed by atoms with Gasteiger partial charge in [-0.15, -0.1) is 0 Å². The van der Waals surface area contributed by atoms with Gasteiger partial charge >= 0.3 is 0 Å². The molecule has 0 spiro atoms. The number of halogens is 1. The van der Waals surface area contributed by atoms with Crippen molar-refractivity contribution in [2.45, 2.75) is 32.4 Å². The molecule has 1 aromatic carbocycles. The Labute approximate surface area is 107 Å². The van der Waals surface area contributed by atoms with Crippen molar-refractivity contribution in [3.05, 3.63) is 59.8 Å². The molecule has 1 unspecified atom stereocenters. The van der Waals surface area contributed by atoms with E-state index in [1.165, 1.54) is 6.07 Å². The van der Waals surface area contributed by atoms with Gasteiger partial charge in [-0.05, 0) is 31.5 Å². The van der Waals surface area contributed by atoms with Gasteiger partial charge in [0, 0.05) is 11.6 Å². The summed E-state index contributed by atoms with van der Waals surface area (Å²) in [5.74, 6) is 0.702. The third-order valence-corrected chi connectivity index (χ3v) is 3.11. The Hall–Kier alpha value is -1.61. The van der Waals surface area contributed by atoms with Crippen LogP contribution in [0.5, 0.6) is 0 Å². The molecule has 1 aromatic heterocycles. The highest BCUT2D eigenvalue weighted by atomic mass is 19.1. The Morgan fingerprint density at radius 1 is 1.22 bits per heavy atom. The topological polar surface area (TPSA) is 25.2 Å². The van der Waals surface area contributed by atoms with Crippen molar-refractivity contribution in [3.8, 4) is 0 Å². The molecule has 2 aromatic rings. The van der Waals surface area contributed by atoms with Crippen LogP contribution in [-0.2, 0) is 0 Å². The van der Waals surface area contributed by atoms with E-state index in [9.17, 15) is 4.39 Å². The molecule has 0 aliphatic heterocycles. The largest absolute Gasteiger partial charge is 0.468 e. The molecule has 0 saturated carbocycles. The van der Waals surface area contributed by atoms with E-state index in [0.29, 0.717) is 5.56 Å². The van der Waals surface area contributed by atoms with Crippen molar-refractivity contribution in [1.82, 2.24) is 5.32 Å². The maximum atomic E-state index is 13.8. The fraction of sp³-hybridized carbons (Fsp3) is 0.333. The second-order valence-corrected chi connectivity index (χ2v) is 4.39. The summed E-state index contributed by atoms with van der Waals surface area (Å²) in [6.45, 7) is 4.06. The lowest BCUT2D eigenvalue weighted by Gasteiger charge is -2.21. The summed E-state index contributed by atoms with van der Waals surface area (Å²) in [4.78, 5) is 0. The van der Waals surface area contributed by atoms with E-state index < -0.39 is 0 Å². The summed E-state index contributed by atoms with van der Waals surface area (Å²) in [6, 6.07) is 10.7. The van der Waals surface area contributed by atoms with Crippen molar-refractivity contribution in [3.63, 3.8) is 0 Å². The van der Waals surface area contributed by atoms with Crippen LogP contribution in [0.3, 0.4) is 0 Å². The molecular weight excluding hydrogens is 229 g/mol. The fourth-order valence-corrected chi connectivity index (χ4v) is 2.11. The predicted octanol–water partition coefficient (Wildman–Crippen LogP) is 4.22. The van der Waals surface area contributed by atoms with E-state index in [0.717, 1.165) is 12.2 Å². The number of hydrogen-bond donors (Lipinski definition) is 1. The molecule has 0 saturated heterocycles. The smallest absolute Gasteiger partial charge is 0.127 e. The normalized spacial score (nSPS) is 14.4. The number of furan rings is 1. The van der Waals surface area contributed by atoms with Crippen LogP contribution in [0.2, 0.25) is 0 Å². The molecule has 0 aliphatic carbocycles. The van der Waals surface area contributed by atoms with Crippen molar-refractivity contribution < 1.29 is 8.81 Å². The summed E-state index contributed by atoms with van der Waals surface area (Å²) in [6.07, 6.45) is 2.48. The predicted molar refractivity (Wildman–Crippen MR) is 69.7 cm³/mol. The second kappa shape index (κ2) is 5.83. The van der Waals surface area contributed by atoms with Crippen molar-refractivity contribution >= 4 is 0 Å². The minimum atomic E-state index is -0.163. The molecule has 2 atom stereocenters. The quantitative estimate of drug-likeness (QED) is 0.855. The van der Waals surface area contributed by atoms with E-state index >= 15 is 0 Å². The molecule has 1 heterocycles. The van der Waals surface area contributed by atoms with Gasteiger partial charge in [0.05, 0.1) is 12.3 Å². The lowest BCUT2D eigenvalue weighted by molar-refractivity contribution is 0.380. The molecule has 2 nitrogen and oxygen atoms in total. The first-order valence-corrected chi connectivity index (χ1v) is 6.26. The fourth-order valence-electron chi connectivity index (χ4n) is 2.11. The first kappa shape index (κ1) is 12.8. The zero-order chi connectivity index (χ0) is 13.0. The molecule has 0 aliphatic rings. The molecule has 2 rings (SSSR count). The van der Waals surface area contributed by atoms with Crippen molar-refractivity contribution in [2.24, 2.45) is 0 Å². The van der Waals surface area contributed by atoms with Gasteiger partial charge in [-0.1, -0.05) is 25.1 Å². The highest BCUT2D eigenvalue weighted by Crippen LogP contribution is 2.24. The van der Waals surface area contributed by atoms with Gasteiger partial charge in [0.2, 0.25) is 0 Å². The average Bonchev–Trinajstić information content (AvgIpc) is 2.90. The first-order chi connectivity index (χ1) is 8.72. The standard InChI is InChI=1S/C15H18FNO/c1-3-14(12-7-4-5-8-13(12)16)17-11(2)15-9-6-10-18-15/h4-11,14,17H,3H2,1-2H3/t11-,14?/m0/s1. The second-order valence-electron chi connectivity index (χ2n) is 4.39. The molecule has 0 bridgehead atoms. The summed E-state index contributed by atoms with van der Waals surface area (Å²) < 4.78 is 19.1. The zero-order valence-corrected chi connectivity index (χ0v) is 10.7. The van der Waals surface area contributed by atoms with E-state index in [1.807, 2.05) is 38.1 Å². The van der Waals surface area contributed by atoms with Gasteiger partial charge in [0.15, 0.2) is 0 Å². The summed E-state index contributed by atoms with van der Waals surface area (Å²) in [5.41, 5.74) is 0.707. The lowest BCUT2D eigenvalue weighted by Crippen LogP contribution is -2.24. The Morgan fingerprint density at radius 2 is 2.00 bits per heavy atom. The van der Waals surface area contributed by atoms with Gasteiger partial charge in [0.25, 0.3) is 0 Å². The maximum absolute atomic E-state index is 13.8. The molecular formula is C15H18FNO. The number of hydrogen-bond acceptors (Lipinski definition) is 2. The van der Waals surface area contributed by atoms with E-state index in [4.69, 9.17) is 4.42 Å². The van der Waals surface area contributed by atoms with Crippen LogP contribution in [0.15, 0.2) is 47.1 Å². The van der Waals surface area contributed by atoms with E-state index in [2.05, 4.69) is 5.32 Å². The number of rotatable bonds is 5. The zero-order valence-electron chi connectivity index (χ0n) is 10.7. The van der Waals surface area contributed by atoms with Crippen LogP contribution in [0.4, 0.5) is 4.39 Å². The number of benzene rings is 1. The van der Waals surface area contributed by atoms with Crippen LogP contribution in [-0.4, -0.2) is 0 Å². The Balaban J connectivity index is 2.13. The first-order valence-electron chi connectivity index (χ1n) is 6.26. The third kappa shape index (κ3) is 2.79. The monoisotopic (exact) mass is 247 g/mol. The van der Waals surface area contributed by atoms with Gasteiger partial charge in [-0.3, -0.25) is 0 Å². The van der Waals surface area contributed by atoms with Crippen LogP contribution < -0.4 is 5.32 Å². The Kier molecular flexibility index (Phi) is 4.15. The summed E-state index contributed by atoms with van der Waals surface area (Å²) >= 11 is 0. The SMILES string of the molecule is CCC(N[C@@H](C)c1ccco1)c1ccccc1F. The van der Waals surface area contributed by atoms with Crippen LogP contribution >= 0.6 is 0 Å². The van der Waals surface area contributed by atoms with Gasteiger partial charge in [-0.2, -0.15) is 0 Å². The highest BCUT2D eigenvalue weighted by molar-refractivity contribution is 5.21. The van der Waals surface area contributed by atoms with Crippen molar-refractivity contribution in [2.75, 3.05) is 0 Å². The molecule has 0 amide bonds. The molecule has 3 heteroatoms. The molecule has 0 radical (unpaired) electrons. The lowest BCUT2D eigenvalue weighted by atomic mass is 10.0. The van der Waals surface area contributed by atoms with Crippen LogP contribution in [0.25, 0.3) is 0 Å². The van der Waals surface area contributed by atoms with Crippen molar-refractivity contribution in [1.29, 1.82) is 0 Å². The summed E-state index contributed by atoms with van der Waals surface area (Å²) in [5, 5.41) is 3.39. The van der Waals surface area contributed by atoms with Crippen LogP contribution in [0.1, 0.15) is 43.7 Å². The van der Waals surface area contributed by atoms with Crippen LogP contribution in [0, 0.1) is 5.82 Å². The van der Waals surface area contributed by atoms with E-state index in [1.54, 1.807) is 12.3 Å². The minimum absolute atomic E-state index is 0.00806. The van der Waals surface area contributed by atoms with Gasteiger partial charge in [-0.25, -0.2) is 4.39 Å². The molecule has 18 heavy (non-hydrogen) atoms. The molecule has 96 valence electrons. The summed E-state index contributed by atoms with van der Waals surface area (Å²) in [7, 11) is 0. The number of nitrogens with one attached hydrogen (secondary N) is 1. The van der Waals surface area contributed by atoms with Gasteiger partial charge in [0.1, 0.15) is 11.6 Å². The minimum Gasteiger partial charge on any atom is -0.468 e. The average molecular weight is 247 g/mol. The highest BCUT2D eigenvalue weighted by Gasteiger charge is 2.17. The van der Waals surface area contributed by atoms with E-state index in [-0.39, 0.29) is 17.9 Å². The van der Waals surface area contributed by atoms with Gasteiger partial charge < -0.3 is 9.73 Å². The molecule has 1 N–H and O–H groups in total. The Bertz CT molecular complexity index is 481.